The van der Waals surface area contributed by atoms with Crippen molar-refractivity contribution in [3.8, 4) is 6.07 Å². The fourth-order valence-electron chi connectivity index (χ4n) is 3.42. The molecule has 1 aliphatic rings. The monoisotopic (exact) mass is 449 g/mol. The average molecular weight is 450 g/mol. The van der Waals surface area contributed by atoms with Gasteiger partial charge in [0.2, 0.25) is 5.91 Å². The topological polar surface area (TPSA) is 99.2 Å². The number of nitriles is 1. The predicted molar refractivity (Wildman–Crippen MR) is 106 cm³/mol. The minimum absolute atomic E-state index is 0.00168. The first-order valence-electron chi connectivity index (χ1n) is 9.31. The maximum absolute atomic E-state index is 13.1. The number of fused-ring (bicyclic) bond motifs is 1. The molecule has 0 unspecified atom stereocenters. The fraction of sp³-hybridized carbons (Fsp3) is 0.316. The van der Waals surface area contributed by atoms with Gasteiger partial charge < -0.3 is 10.2 Å². The zero-order valence-corrected chi connectivity index (χ0v) is 16.7. The number of carbonyl (C=O) groups is 1. The highest BCUT2D eigenvalue weighted by molar-refractivity contribution is 6.33. The first-order valence-corrected chi connectivity index (χ1v) is 9.69. The van der Waals surface area contributed by atoms with Gasteiger partial charge in [-0.3, -0.25) is 4.79 Å². The minimum Gasteiger partial charge on any atom is -0.355 e. The molecule has 2 aromatic heterocycles. The van der Waals surface area contributed by atoms with Crippen LogP contribution in [0, 0.1) is 17.2 Å². The first kappa shape index (κ1) is 20.9. The number of aromatic nitrogens is 4. The lowest BCUT2D eigenvalue weighted by Gasteiger charge is -2.32. The van der Waals surface area contributed by atoms with E-state index in [1.165, 1.54) is 12.1 Å². The largest absolute Gasteiger partial charge is 0.453 e. The highest BCUT2D eigenvalue weighted by atomic mass is 35.5. The van der Waals surface area contributed by atoms with E-state index in [2.05, 4.69) is 20.6 Å². The molecule has 1 N–H and O–H groups in total. The second-order valence-electron chi connectivity index (χ2n) is 7.04. The van der Waals surface area contributed by atoms with Crippen molar-refractivity contribution in [2.45, 2.75) is 19.0 Å². The molecule has 0 saturated carbocycles. The summed E-state index contributed by atoms with van der Waals surface area (Å²) in [6.07, 6.45) is -3.70. The minimum atomic E-state index is -4.67. The SMILES string of the molecule is N#Cc1ccc(Cl)c(NC(=O)C2CCN(c3ccc4nnc(C(F)(F)F)n4n3)CC2)c1. The van der Waals surface area contributed by atoms with E-state index < -0.39 is 12.0 Å². The Morgan fingerprint density at radius 1 is 1.19 bits per heavy atom. The lowest BCUT2D eigenvalue weighted by Crippen LogP contribution is -2.38. The molecule has 0 aliphatic carbocycles. The molecule has 12 heteroatoms. The summed E-state index contributed by atoms with van der Waals surface area (Å²) in [4.78, 5) is 14.4. The van der Waals surface area contributed by atoms with Crippen LogP contribution in [0.15, 0.2) is 30.3 Å². The number of anilines is 2. The van der Waals surface area contributed by atoms with Crippen LogP contribution in [0.1, 0.15) is 24.2 Å². The highest BCUT2D eigenvalue weighted by Gasteiger charge is 2.38. The van der Waals surface area contributed by atoms with Crippen LogP contribution in [0.3, 0.4) is 0 Å². The molecule has 0 bridgehead atoms. The van der Waals surface area contributed by atoms with Crippen LogP contribution in [0.5, 0.6) is 0 Å². The third-order valence-corrected chi connectivity index (χ3v) is 5.37. The number of benzene rings is 1. The Morgan fingerprint density at radius 2 is 1.94 bits per heavy atom. The molecule has 0 radical (unpaired) electrons. The van der Waals surface area contributed by atoms with E-state index in [4.69, 9.17) is 16.9 Å². The molecule has 3 aromatic rings. The summed E-state index contributed by atoms with van der Waals surface area (Å²) in [5.74, 6) is -1.36. The van der Waals surface area contributed by atoms with Gasteiger partial charge in [-0.25, -0.2) is 0 Å². The molecule has 0 atom stereocenters. The van der Waals surface area contributed by atoms with Crippen LogP contribution in [0.2, 0.25) is 5.02 Å². The van der Waals surface area contributed by atoms with Gasteiger partial charge in [0, 0.05) is 19.0 Å². The number of hydrogen-bond acceptors (Lipinski definition) is 6. The molecule has 3 heterocycles. The third-order valence-electron chi connectivity index (χ3n) is 5.05. The van der Waals surface area contributed by atoms with E-state index in [9.17, 15) is 18.0 Å². The number of piperidine rings is 1. The van der Waals surface area contributed by atoms with Crippen LogP contribution in [0.4, 0.5) is 24.7 Å². The molecule has 31 heavy (non-hydrogen) atoms. The zero-order valence-electron chi connectivity index (χ0n) is 15.9. The highest BCUT2D eigenvalue weighted by Crippen LogP contribution is 2.29. The Hall–Kier alpha value is -3.39. The Kier molecular flexibility index (Phi) is 5.41. The number of rotatable bonds is 3. The molecular formula is C19H15ClF3N7O. The molecule has 1 saturated heterocycles. The third kappa shape index (κ3) is 4.25. The van der Waals surface area contributed by atoms with Gasteiger partial charge >= 0.3 is 6.18 Å². The van der Waals surface area contributed by atoms with Crippen molar-refractivity contribution in [3.05, 3.63) is 46.7 Å². The summed E-state index contributed by atoms with van der Waals surface area (Å²) in [5, 5.41) is 22.8. The van der Waals surface area contributed by atoms with Crippen molar-refractivity contribution < 1.29 is 18.0 Å². The van der Waals surface area contributed by atoms with Crippen LogP contribution >= 0.6 is 11.6 Å². The molecule has 8 nitrogen and oxygen atoms in total. The van der Waals surface area contributed by atoms with Crippen molar-refractivity contribution in [3.63, 3.8) is 0 Å². The van der Waals surface area contributed by atoms with Gasteiger partial charge in [-0.15, -0.1) is 15.3 Å². The lowest BCUT2D eigenvalue weighted by molar-refractivity contribution is -0.146. The molecule has 160 valence electrons. The van der Waals surface area contributed by atoms with Crippen LogP contribution in [0.25, 0.3) is 5.65 Å². The summed E-state index contributed by atoms with van der Waals surface area (Å²) in [6, 6.07) is 9.60. The molecule has 1 amide bonds. The second-order valence-corrected chi connectivity index (χ2v) is 7.45. The van der Waals surface area contributed by atoms with Gasteiger partial charge in [0.15, 0.2) is 5.65 Å². The van der Waals surface area contributed by atoms with Crippen molar-refractivity contribution in [2.24, 2.45) is 5.92 Å². The summed E-state index contributed by atoms with van der Waals surface area (Å²) < 4.78 is 39.9. The number of nitrogens with zero attached hydrogens (tertiary/aromatic N) is 6. The number of halogens is 4. The number of nitrogens with one attached hydrogen (secondary N) is 1. The molecule has 4 rings (SSSR count). The van der Waals surface area contributed by atoms with Gasteiger partial charge in [0.25, 0.3) is 5.82 Å². The van der Waals surface area contributed by atoms with Crippen molar-refractivity contribution in [1.29, 1.82) is 5.26 Å². The van der Waals surface area contributed by atoms with Crippen molar-refractivity contribution in [1.82, 2.24) is 19.8 Å². The summed E-state index contributed by atoms with van der Waals surface area (Å²) in [5.41, 5.74) is 0.748. The summed E-state index contributed by atoms with van der Waals surface area (Å²) in [6.45, 7) is 0.873. The second kappa shape index (κ2) is 8.03. The van der Waals surface area contributed by atoms with Crippen molar-refractivity contribution >= 4 is 34.7 Å². The standard InChI is InChI=1S/C19H15ClF3N7O/c20-13-2-1-11(10-24)9-14(13)25-17(31)12-5-7-29(8-6-12)16-4-3-15-26-27-18(19(21,22)23)30(15)28-16/h1-4,9,12H,5-8H2,(H,25,31). The Morgan fingerprint density at radius 3 is 2.61 bits per heavy atom. The number of amides is 1. The number of carbonyl (C=O) groups excluding carboxylic acids is 1. The first-order chi connectivity index (χ1) is 14.8. The fourth-order valence-corrected chi connectivity index (χ4v) is 3.59. The number of hydrogen-bond donors (Lipinski definition) is 1. The van der Waals surface area contributed by atoms with Gasteiger partial charge in [0.1, 0.15) is 5.82 Å². The normalized spacial score (nSPS) is 15.1. The van der Waals surface area contributed by atoms with E-state index in [1.54, 1.807) is 18.2 Å². The van der Waals surface area contributed by atoms with Crippen LogP contribution < -0.4 is 10.2 Å². The Bertz CT molecular complexity index is 1180. The quantitative estimate of drug-likeness (QED) is 0.656. The number of alkyl halides is 3. The van der Waals surface area contributed by atoms with Crippen LogP contribution in [-0.4, -0.2) is 38.8 Å². The molecule has 1 fully saturated rings. The van der Waals surface area contributed by atoms with Gasteiger partial charge in [0.05, 0.1) is 22.3 Å². The average Bonchev–Trinajstić information content (AvgIpc) is 3.19. The van der Waals surface area contributed by atoms with Crippen LogP contribution in [-0.2, 0) is 11.0 Å². The molecule has 1 aromatic carbocycles. The predicted octanol–water partition coefficient (Wildman–Crippen LogP) is 3.52. The maximum Gasteiger partial charge on any atom is 0.453 e. The van der Waals surface area contributed by atoms with E-state index in [0.29, 0.717) is 52.5 Å². The van der Waals surface area contributed by atoms with E-state index in [-0.39, 0.29) is 17.5 Å². The molecule has 0 spiro atoms. The Labute approximate surface area is 179 Å². The van der Waals surface area contributed by atoms with E-state index in [1.807, 2.05) is 11.0 Å². The Balaban J connectivity index is 1.44. The summed E-state index contributed by atoms with van der Waals surface area (Å²) >= 11 is 6.09. The lowest BCUT2D eigenvalue weighted by atomic mass is 9.95. The molecule has 1 aliphatic heterocycles. The molecular weight excluding hydrogens is 435 g/mol. The maximum atomic E-state index is 13.1. The van der Waals surface area contributed by atoms with Gasteiger partial charge in [-0.05, 0) is 43.2 Å². The van der Waals surface area contributed by atoms with Crippen molar-refractivity contribution in [2.75, 3.05) is 23.3 Å². The van der Waals surface area contributed by atoms with E-state index >= 15 is 0 Å². The zero-order chi connectivity index (χ0) is 22.2. The summed E-state index contributed by atoms with van der Waals surface area (Å²) in [7, 11) is 0. The van der Waals surface area contributed by atoms with Gasteiger partial charge in [-0.2, -0.15) is 22.9 Å². The van der Waals surface area contributed by atoms with E-state index in [0.717, 1.165) is 0 Å². The smallest absolute Gasteiger partial charge is 0.355 e. The van der Waals surface area contributed by atoms with Gasteiger partial charge in [-0.1, -0.05) is 11.6 Å².